The summed E-state index contributed by atoms with van der Waals surface area (Å²) in [4.78, 5) is 0. The fraction of sp³-hybridized carbons (Fsp3) is 1.00. The van der Waals surface area contributed by atoms with E-state index in [0.29, 0.717) is 6.04 Å². The van der Waals surface area contributed by atoms with Crippen LogP contribution in [0.15, 0.2) is 0 Å². The van der Waals surface area contributed by atoms with Crippen molar-refractivity contribution < 1.29 is 0 Å². The van der Waals surface area contributed by atoms with Crippen molar-refractivity contribution >= 4 is 0 Å². The van der Waals surface area contributed by atoms with Gasteiger partial charge < -0.3 is 11.1 Å². The zero-order valence-corrected chi connectivity index (χ0v) is 10.5. The summed E-state index contributed by atoms with van der Waals surface area (Å²) in [6.45, 7) is 2.42. The number of piperidine rings is 1. The Morgan fingerprint density at radius 1 is 0.938 bits per heavy atom. The van der Waals surface area contributed by atoms with Crippen LogP contribution in [0.2, 0.25) is 0 Å². The summed E-state index contributed by atoms with van der Waals surface area (Å²) in [5, 5.41) is 3.96. The minimum absolute atomic E-state index is 0.485. The van der Waals surface area contributed by atoms with Gasteiger partial charge in [-0.05, 0) is 43.4 Å². The van der Waals surface area contributed by atoms with Gasteiger partial charge in [-0.1, -0.05) is 26.2 Å². The monoisotopic (exact) mass is 222 g/mol. The number of hydrogen-bond donors (Lipinski definition) is 2. The summed E-state index contributed by atoms with van der Waals surface area (Å²) in [6, 6.07) is 1.95. The van der Waals surface area contributed by atoms with Crippen molar-refractivity contribution in [3.8, 4) is 0 Å². The SMILES string of the molecule is CC1CCCC2C(N)C3CCCCC3NC12. The predicted octanol–water partition coefficient (Wildman–Crippen LogP) is 2.28. The lowest BCUT2D eigenvalue weighted by atomic mass is 9.64. The fourth-order valence-corrected chi connectivity index (χ4v) is 4.57. The van der Waals surface area contributed by atoms with Gasteiger partial charge in [0.2, 0.25) is 0 Å². The highest BCUT2D eigenvalue weighted by Crippen LogP contribution is 2.41. The van der Waals surface area contributed by atoms with Gasteiger partial charge in [-0.3, -0.25) is 0 Å². The van der Waals surface area contributed by atoms with Crippen LogP contribution >= 0.6 is 0 Å². The Bertz CT molecular complexity index is 253. The van der Waals surface area contributed by atoms with Crippen LogP contribution in [0.5, 0.6) is 0 Å². The molecule has 0 aromatic heterocycles. The Morgan fingerprint density at radius 2 is 1.69 bits per heavy atom. The van der Waals surface area contributed by atoms with Crippen molar-refractivity contribution in [2.75, 3.05) is 0 Å². The van der Waals surface area contributed by atoms with Crippen LogP contribution in [0.3, 0.4) is 0 Å². The predicted molar refractivity (Wildman–Crippen MR) is 67.2 cm³/mol. The fourth-order valence-electron chi connectivity index (χ4n) is 4.57. The normalized spacial score (nSPS) is 52.9. The maximum atomic E-state index is 6.57. The van der Waals surface area contributed by atoms with Crippen LogP contribution in [0.25, 0.3) is 0 Å². The first-order valence-electron chi connectivity index (χ1n) is 7.29. The van der Waals surface area contributed by atoms with E-state index in [1.165, 1.54) is 44.9 Å². The topological polar surface area (TPSA) is 38.0 Å². The molecule has 6 unspecified atom stereocenters. The molecule has 3 aliphatic rings. The highest BCUT2D eigenvalue weighted by molar-refractivity contribution is 5.03. The Labute approximate surface area is 99.4 Å². The van der Waals surface area contributed by atoms with Gasteiger partial charge in [-0.2, -0.15) is 0 Å². The molecule has 3 rings (SSSR count). The zero-order chi connectivity index (χ0) is 11.1. The average Bonchev–Trinajstić information content (AvgIpc) is 2.31. The van der Waals surface area contributed by atoms with E-state index in [4.69, 9.17) is 5.73 Å². The zero-order valence-electron chi connectivity index (χ0n) is 10.5. The lowest BCUT2D eigenvalue weighted by molar-refractivity contribution is 0.0459. The summed E-state index contributed by atoms with van der Waals surface area (Å²) in [6.07, 6.45) is 9.72. The lowest BCUT2D eigenvalue weighted by Crippen LogP contribution is -2.65. The maximum absolute atomic E-state index is 6.57. The Morgan fingerprint density at radius 3 is 2.56 bits per heavy atom. The van der Waals surface area contributed by atoms with E-state index >= 15 is 0 Å². The molecule has 1 saturated heterocycles. The van der Waals surface area contributed by atoms with E-state index in [2.05, 4.69) is 12.2 Å². The summed E-state index contributed by atoms with van der Waals surface area (Å²) >= 11 is 0. The molecule has 6 atom stereocenters. The number of fused-ring (bicyclic) bond motifs is 2. The van der Waals surface area contributed by atoms with Gasteiger partial charge in [0.15, 0.2) is 0 Å². The second-order valence-corrected chi connectivity index (χ2v) is 6.40. The van der Waals surface area contributed by atoms with E-state index in [9.17, 15) is 0 Å². The molecule has 92 valence electrons. The van der Waals surface area contributed by atoms with E-state index < -0.39 is 0 Å². The van der Waals surface area contributed by atoms with Crippen molar-refractivity contribution in [1.29, 1.82) is 0 Å². The number of hydrogen-bond acceptors (Lipinski definition) is 2. The van der Waals surface area contributed by atoms with E-state index in [1.54, 1.807) is 0 Å². The molecule has 0 radical (unpaired) electrons. The first-order valence-corrected chi connectivity index (χ1v) is 7.29. The smallest absolute Gasteiger partial charge is 0.0138 e. The molecule has 2 nitrogen and oxygen atoms in total. The lowest BCUT2D eigenvalue weighted by Gasteiger charge is -2.52. The molecule has 16 heavy (non-hydrogen) atoms. The molecular weight excluding hydrogens is 196 g/mol. The molecule has 0 amide bonds. The number of rotatable bonds is 0. The van der Waals surface area contributed by atoms with Gasteiger partial charge in [0, 0.05) is 18.1 Å². The minimum atomic E-state index is 0.485. The molecule has 0 aromatic carbocycles. The van der Waals surface area contributed by atoms with Crippen molar-refractivity contribution in [1.82, 2.24) is 5.32 Å². The van der Waals surface area contributed by atoms with E-state index in [-0.39, 0.29) is 0 Å². The molecule has 1 aliphatic heterocycles. The standard InChI is InChI=1S/C14H26N2/c1-9-5-4-7-11-13(15)10-6-2-3-8-12(10)16-14(9)11/h9-14,16H,2-8,15H2,1H3. The second kappa shape index (κ2) is 4.30. The van der Waals surface area contributed by atoms with Crippen molar-refractivity contribution in [3.63, 3.8) is 0 Å². The van der Waals surface area contributed by atoms with Gasteiger partial charge in [0.25, 0.3) is 0 Å². The average molecular weight is 222 g/mol. The van der Waals surface area contributed by atoms with Crippen LogP contribution < -0.4 is 11.1 Å². The first-order chi connectivity index (χ1) is 7.77. The van der Waals surface area contributed by atoms with Crippen molar-refractivity contribution in [2.24, 2.45) is 23.5 Å². The molecular formula is C14H26N2. The molecule has 2 aliphatic carbocycles. The summed E-state index contributed by atoms with van der Waals surface area (Å²) in [5.41, 5.74) is 6.57. The van der Waals surface area contributed by atoms with Gasteiger partial charge >= 0.3 is 0 Å². The third kappa shape index (κ3) is 1.70. The molecule has 3 N–H and O–H groups in total. The highest BCUT2D eigenvalue weighted by Gasteiger charge is 2.45. The number of nitrogens with one attached hydrogen (secondary N) is 1. The molecule has 0 aromatic rings. The van der Waals surface area contributed by atoms with Crippen molar-refractivity contribution in [3.05, 3.63) is 0 Å². The minimum Gasteiger partial charge on any atom is -0.327 e. The molecule has 0 spiro atoms. The third-order valence-electron chi connectivity index (χ3n) is 5.49. The summed E-state index contributed by atoms with van der Waals surface area (Å²) in [7, 11) is 0. The molecule has 2 heteroatoms. The highest BCUT2D eigenvalue weighted by atomic mass is 15.0. The molecule has 1 heterocycles. The second-order valence-electron chi connectivity index (χ2n) is 6.40. The molecule has 3 fully saturated rings. The summed E-state index contributed by atoms with van der Waals surface area (Å²) < 4.78 is 0. The van der Waals surface area contributed by atoms with Crippen LogP contribution in [0.4, 0.5) is 0 Å². The Hall–Kier alpha value is -0.0800. The van der Waals surface area contributed by atoms with Crippen LogP contribution in [-0.2, 0) is 0 Å². The van der Waals surface area contributed by atoms with Crippen molar-refractivity contribution in [2.45, 2.75) is 70.0 Å². The molecule has 2 saturated carbocycles. The van der Waals surface area contributed by atoms with Gasteiger partial charge in [-0.15, -0.1) is 0 Å². The third-order valence-corrected chi connectivity index (χ3v) is 5.49. The van der Waals surface area contributed by atoms with Crippen LogP contribution in [0, 0.1) is 17.8 Å². The van der Waals surface area contributed by atoms with Gasteiger partial charge in [0.05, 0.1) is 0 Å². The van der Waals surface area contributed by atoms with Crippen LogP contribution in [0.1, 0.15) is 51.9 Å². The Balaban J connectivity index is 1.79. The first kappa shape index (κ1) is 11.0. The largest absolute Gasteiger partial charge is 0.327 e. The van der Waals surface area contributed by atoms with E-state index in [1.807, 2.05) is 0 Å². The number of nitrogens with two attached hydrogens (primary N) is 1. The summed E-state index contributed by atoms with van der Waals surface area (Å²) in [5.74, 6) is 2.39. The van der Waals surface area contributed by atoms with Gasteiger partial charge in [-0.25, -0.2) is 0 Å². The quantitative estimate of drug-likeness (QED) is 0.660. The molecule has 0 bridgehead atoms. The van der Waals surface area contributed by atoms with Gasteiger partial charge in [0.1, 0.15) is 0 Å². The van der Waals surface area contributed by atoms with E-state index in [0.717, 1.165) is 29.8 Å². The maximum Gasteiger partial charge on any atom is 0.0138 e. The Kier molecular flexibility index (Phi) is 2.97. The van der Waals surface area contributed by atoms with Crippen LogP contribution in [-0.4, -0.2) is 18.1 Å².